The Morgan fingerprint density at radius 2 is 1.72 bits per heavy atom. The van der Waals surface area contributed by atoms with E-state index in [0.717, 1.165) is 27.8 Å². The fourth-order valence-electron chi connectivity index (χ4n) is 3.39. The van der Waals surface area contributed by atoms with Crippen molar-refractivity contribution in [3.63, 3.8) is 0 Å². The number of thioether (sulfide) groups is 1. The van der Waals surface area contributed by atoms with E-state index in [-0.39, 0.29) is 11.5 Å². The van der Waals surface area contributed by atoms with Gasteiger partial charge in [-0.05, 0) is 78.4 Å². The molecule has 36 heavy (non-hydrogen) atoms. The van der Waals surface area contributed by atoms with Gasteiger partial charge in [0.05, 0.1) is 4.91 Å². The van der Waals surface area contributed by atoms with Gasteiger partial charge >= 0.3 is 0 Å². The van der Waals surface area contributed by atoms with E-state index in [2.05, 4.69) is 5.32 Å². The van der Waals surface area contributed by atoms with E-state index in [1.807, 2.05) is 19.1 Å². The zero-order valence-corrected chi connectivity index (χ0v) is 22.0. The molecule has 4 rings (SSSR count). The lowest BCUT2D eigenvalue weighted by molar-refractivity contribution is -0.127. The molecule has 1 fully saturated rings. The van der Waals surface area contributed by atoms with Crippen LogP contribution in [0.25, 0.3) is 6.08 Å². The second kappa shape index (κ2) is 11.4. The van der Waals surface area contributed by atoms with Gasteiger partial charge in [-0.15, -0.1) is 0 Å². The van der Waals surface area contributed by atoms with Crippen LogP contribution >= 0.6 is 46.6 Å². The van der Waals surface area contributed by atoms with Gasteiger partial charge in [-0.2, -0.15) is 0 Å². The minimum Gasteiger partial charge on any atom is -0.488 e. The van der Waals surface area contributed by atoms with Crippen molar-refractivity contribution in [3.05, 3.63) is 97.3 Å². The molecule has 1 N–H and O–H groups in total. The van der Waals surface area contributed by atoms with E-state index in [9.17, 15) is 14.4 Å². The number of nitrogens with one attached hydrogen (secondary N) is 1. The molecule has 3 aromatic carbocycles. The first-order valence-electron chi connectivity index (χ1n) is 10.7. The van der Waals surface area contributed by atoms with Gasteiger partial charge in [0.15, 0.2) is 0 Å². The number of carbonyl (C=O) groups excluding carboxylic acids is 3. The van der Waals surface area contributed by atoms with Gasteiger partial charge in [0.1, 0.15) is 18.9 Å². The second-order valence-electron chi connectivity index (χ2n) is 7.88. The molecule has 1 aliphatic heterocycles. The lowest BCUT2D eigenvalue weighted by atomic mass is 10.1. The molecule has 1 saturated heterocycles. The van der Waals surface area contributed by atoms with E-state index in [0.29, 0.717) is 32.1 Å². The monoisotopic (exact) mass is 560 g/mol. The summed E-state index contributed by atoms with van der Waals surface area (Å²) in [6.07, 6.45) is 1.53. The van der Waals surface area contributed by atoms with Crippen molar-refractivity contribution in [1.29, 1.82) is 0 Å². The highest BCUT2D eigenvalue weighted by atomic mass is 35.5. The highest BCUT2D eigenvalue weighted by molar-refractivity contribution is 8.18. The number of aryl methyl sites for hydroxylation is 1. The maximum absolute atomic E-state index is 13.0. The van der Waals surface area contributed by atoms with Crippen molar-refractivity contribution < 1.29 is 19.1 Å². The van der Waals surface area contributed by atoms with Crippen molar-refractivity contribution in [2.75, 3.05) is 11.9 Å². The van der Waals surface area contributed by atoms with E-state index < -0.39 is 23.6 Å². The number of benzene rings is 3. The number of nitrogens with zero attached hydrogens (tertiary/aromatic N) is 1. The van der Waals surface area contributed by atoms with Crippen molar-refractivity contribution in [1.82, 2.24) is 4.90 Å². The first kappa shape index (κ1) is 26.1. The summed E-state index contributed by atoms with van der Waals surface area (Å²) in [4.78, 5) is 39.1. The molecule has 184 valence electrons. The van der Waals surface area contributed by atoms with Gasteiger partial charge < -0.3 is 10.1 Å². The Bertz CT molecular complexity index is 1390. The molecule has 3 amide bonds. The second-order valence-corrected chi connectivity index (χ2v) is 10.2. The normalized spacial score (nSPS) is 14.4. The minimum atomic E-state index is -0.580. The first-order chi connectivity index (χ1) is 17.2. The molecular weight excluding hydrogens is 543 g/mol. The van der Waals surface area contributed by atoms with Crippen LogP contribution in [0, 0.1) is 6.92 Å². The summed E-state index contributed by atoms with van der Waals surface area (Å²) in [5.41, 5.74) is 2.70. The lowest BCUT2D eigenvalue weighted by Gasteiger charge is -2.14. The Balaban J connectivity index is 1.49. The van der Waals surface area contributed by atoms with Crippen LogP contribution in [0.4, 0.5) is 10.5 Å². The van der Waals surface area contributed by atoms with Crippen LogP contribution in [-0.4, -0.2) is 28.5 Å². The smallest absolute Gasteiger partial charge is 0.294 e. The molecule has 0 radical (unpaired) electrons. The number of hydrogen-bond acceptors (Lipinski definition) is 5. The SMILES string of the molecule is Cc1ccc(Cl)cc1NC(=O)CN1C(=O)S/C(=C/c2cc(Cl)ccc2OCc2cccc(Cl)c2)C1=O. The summed E-state index contributed by atoms with van der Waals surface area (Å²) in [6.45, 7) is 1.63. The highest BCUT2D eigenvalue weighted by Gasteiger charge is 2.36. The number of anilines is 1. The van der Waals surface area contributed by atoms with Gasteiger partial charge in [-0.3, -0.25) is 19.3 Å². The van der Waals surface area contributed by atoms with Crippen LogP contribution in [0.3, 0.4) is 0 Å². The van der Waals surface area contributed by atoms with Gasteiger partial charge in [0.2, 0.25) is 5.91 Å². The molecule has 0 bridgehead atoms. The number of carbonyl (C=O) groups is 3. The molecule has 3 aromatic rings. The number of hydrogen-bond donors (Lipinski definition) is 1. The number of imide groups is 1. The predicted molar refractivity (Wildman–Crippen MR) is 145 cm³/mol. The molecule has 0 aromatic heterocycles. The zero-order chi connectivity index (χ0) is 25.8. The minimum absolute atomic E-state index is 0.154. The summed E-state index contributed by atoms with van der Waals surface area (Å²) in [5.74, 6) is -0.624. The Morgan fingerprint density at radius 1 is 1.00 bits per heavy atom. The fourth-order valence-corrected chi connectivity index (χ4v) is 4.79. The molecule has 0 spiro atoms. The summed E-state index contributed by atoms with van der Waals surface area (Å²) in [5, 5.41) is 3.63. The quantitative estimate of drug-likeness (QED) is 0.309. The fraction of sp³-hybridized carbons (Fsp3) is 0.115. The predicted octanol–water partition coefficient (Wildman–Crippen LogP) is 7.21. The summed E-state index contributed by atoms with van der Waals surface area (Å²) >= 11 is 18.9. The summed E-state index contributed by atoms with van der Waals surface area (Å²) in [6, 6.07) is 17.3. The van der Waals surface area contributed by atoms with E-state index in [1.165, 1.54) is 6.08 Å². The average Bonchev–Trinajstić information content (AvgIpc) is 3.08. The number of amides is 3. The van der Waals surface area contributed by atoms with Gasteiger partial charge in [0, 0.05) is 26.3 Å². The van der Waals surface area contributed by atoms with E-state index in [1.54, 1.807) is 48.5 Å². The van der Waals surface area contributed by atoms with Gasteiger partial charge in [-0.25, -0.2) is 0 Å². The van der Waals surface area contributed by atoms with Crippen LogP contribution in [0.5, 0.6) is 5.75 Å². The highest BCUT2D eigenvalue weighted by Crippen LogP contribution is 2.35. The molecule has 0 atom stereocenters. The third-order valence-electron chi connectivity index (χ3n) is 5.19. The maximum Gasteiger partial charge on any atom is 0.294 e. The lowest BCUT2D eigenvalue weighted by Crippen LogP contribution is -2.36. The van der Waals surface area contributed by atoms with Crippen LogP contribution in [0.2, 0.25) is 15.1 Å². The third kappa shape index (κ3) is 6.42. The Hall–Kier alpha value is -2.97. The Kier molecular flexibility index (Phi) is 8.26. The molecule has 1 aliphatic rings. The molecular formula is C26H19Cl3N2O4S. The topological polar surface area (TPSA) is 75.7 Å². The molecule has 10 heteroatoms. The average molecular weight is 562 g/mol. The van der Waals surface area contributed by atoms with Gasteiger partial charge in [0.25, 0.3) is 11.1 Å². The first-order valence-corrected chi connectivity index (χ1v) is 12.6. The molecule has 1 heterocycles. The van der Waals surface area contributed by atoms with Crippen LogP contribution < -0.4 is 10.1 Å². The van der Waals surface area contributed by atoms with E-state index >= 15 is 0 Å². The van der Waals surface area contributed by atoms with Crippen molar-refractivity contribution in [2.45, 2.75) is 13.5 Å². The summed E-state index contributed by atoms with van der Waals surface area (Å²) < 4.78 is 5.93. The van der Waals surface area contributed by atoms with Gasteiger partial charge in [-0.1, -0.05) is 53.0 Å². The number of halogens is 3. The number of rotatable bonds is 7. The molecule has 0 aliphatic carbocycles. The Labute approximate surface area is 227 Å². The third-order valence-corrected chi connectivity index (χ3v) is 6.80. The zero-order valence-electron chi connectivity index (χ0n) is 18.9. The Morgan fingerprint density at radius 3 is 2.50 bits per heavy atom. The van der Waals surface area contributed by atoms with Crippen LogP contribution in [-0.2, 0) is 16.2 Å². The van der Waals surface area contributed by atoms with Crippen molar-refractivity contribution >= 4 is 75.4 Å². The molecule has 0 saturated carbocycles. The maximum atomic E-state index is 13.0. The van der Waals surface area contributed by atoms with E-state index in [4.69, 9.17) is 39.5 Å². The largest absolute Gasteiger partial charge is 0.488 e. The van der Waals surface area contributed by atoms with Crippen LogP contribution in [0.15, 0.2) is 65.6 Å². The molecule has 6 nitrogen and oxygen atoms in total. The van der Waals surface area contributed by atoms with Crippen molar-refractivity contribution in [3.8, 4) is 5.75 Å². The van der Waals surface area contributed by atoms with Crippen molar-refractivity contribution in [2.24, 2.45) is 0 Å². The number of ether oxygens (including phenoxy) is 1. The summed E-state index contributed by atoms with van der Waals surface area (Å²) in [7, 11) is 0. The van der Waals surface area contributed by atoms with Crippen LogP contribution in [0.1, 0.15) is 16.7 Å². The standard InChI is InChI=1S/C26H19Cl3N2O4S/c1-15-5-6-20(29)12-21(15)30-24(32)13-31-25(33)23(36-26(31)34)11-17-10-19(28)7-8-22(17)35-14-16-3-2-4-18(27)9-16/h2-12H,13-14H2,1H3,(H,30,32)/b23-11+. The molecule has 0 unspecified atom stereocenters.